The lowest BCUT2D eigenvalue weighted by Gasteiger charge is -2.37. The Kier molecular flexibility index (Phi) is 14.9. The maximum absolute atomic E-state index is 12.9. The number of hydrogen-bond acceptors (Lipinski definition) is 8. The molecular weight excluding hydrogens is 392 g/mol. The molecule has 5 atom stereocenters. The van der Waals surface area contributed by atoms with Gasteiger partial charge in [-0.05, 0) is 26.7 Å². The first kappa shape index (κ1) is 28.8. The minimum atomic E-state index is -2.15. The van der Waals surface area contributed by atoms with Gasteiger partial charge in [-0.3, -0.25) is 4.79 Å². The standard InChI is InChI=1S/C22H42O8/c1-5-7-9-11-12-14-18(25)30-22(19(26)16(3)23,15-13-10-8-6-2)21(28)29-20(27)17(4)24/h16-17,19-20,23-24,26-27H,5-15H2,1-4H3. The second-order valence-corrected chi connectivity index (χ2v) is 8.06. The Balaban J connectivity index is 5.50. The molecule has 8 nitrogen and oxygen atoms in total. The number of aliphatic hydroxyl groups excluding tert-OH is 4. The molecule has 0 aromatic heterocycles. The predicted octanol–water partition coefficient (Wildman–Crippen LogP) is 2.58. The summed E-state index contributed by atoms with van der Waals surface area (Å²) < 4.78 is 10.4. The number of aliphatic hydroxyl groups is 4. The number of rotatable bonds is 17. The molecule has 0 amide bonds. The van der Waals surface area contributed by atoms with Gasteiger partial charge in [0, 0.05) is 12.8 Å². The van der Waals surface area contributed by atoms with Gasteiger partial charge in [-0.1, -0.05) is 58.8 Å². The third-order valence-corrected chi connectivity index (χ3v) is 5.10. The van der Waals surface area contributed by atoms with E-state index in [9.17, 15) is 30.0 Å². The summed E-state index contributed by atoms with van der Waals surface area (Å²) in [5.41, 5.74) is -2.15. The molecule has 0 aromatic rings. The quantitative estimate of drug-likeness (QED) is 0.156. The summed E-state index contributed by atoms with van der Waals surface area (Å²) >= 11 is 0. The van der Waals surface area contributed by atoms with Crippen LogP contribution in [-0.2, 0) is 19.1 Å². The molecule has 0 saturated heterocycles. The van der Waals surface area contributed by atoms with Crippen LogP contribution < -0.4 is 0 Å². The average molecular weight is 435 g/mol. The number of unbranched alkanes of at least 4 members (excludes halogenated alkanes) is 7. The van der Waals surface area contributed by atoms with Gasteiger partial charge >= 0.3 is 11.9 Å². The molecule has 0 aliphatic heterocycles. The predicted molar refractivity (Wildman–Crippen MR) is 112 cm³/mol. The van der Waals surface area contributed by atoms with Gasteiger partial charge in [-0.2, -0.15) is 0 Å². The molecule has 0 heterocycles. The smallest absolute Gasteiger partial charge is 0.355 e. The van der Waals surface area contributed by atoms with Crippen molar-refractivity contribution in [3.8, 4) is 0 Å². The zero-order valence-corrected chi connectivity index (χ0v) is 19.0. The van der Waals surface area contributed by atoms with Crippen molar-refractivity contribution in [2.24, 2.45) is 0 Å². The van der Waals surface area contributed by atoms with Gasteiger partial charge in [-0.25, -0.2) is 4.79 Å². The molecule has 8 heteroatoms. The number of carbonyl (C=O) groups excluding carboxylic acids is 2. The van der Waals surface area contributed by atoms with Crippen molar-refractivity contribution in [3.63, 3.8) is 0 Å². The fourth-order valence-corrected chi connectivity index (χ4v) is 3.16. The topological polar surface area (TPSA) is 134 Å². The van der Waals surface area contributed by atoms with Crippen LogP contribution in [0.25, 0.3) is 0 Å². The van der Waals surface area contributed by atoms with Crippen molar-refractivity contribution in [1.29, 1.82) is 0 Å². The van der Waals surface area contributed by atoms with Crippen LogP contribution in [-0.4, -0.2) is 62.6 Å². The van der Waals surface area contributed by atoms with E-state index < -0.39 is 42.1 Å². The first-order chi connectivity index (χ1) is 14.1. The van der Waals surface area contributed by atoms with E-state index in [1.807, 2.05) is 6.92 Å². The van der Waals surface area contributed by atoms with E-state index in [1.165, 1.54) is 13.8 Å². The Hall–Kier alpha value is -1.22. The third kappa shape index (κ3) is 10.2. The maximum atomic E-state index is 12.9. The van der Waals surface area contributed by atoms with Crippen LogP contribution in [0.15, 0.2) is 0 Å². The van der Waals surface area contributed by atoms with Gasteiger partial charge in [-0.15, -0.1) is 0 Å². The van der Waals surface area contributed by atoms with Crippen molar-refractivity contribution < 1.29 is 39.5 Å². The molecular formula is C22H42O8. The minimum Gasteiger partial charge on any atom is -0.444 e. The second kappa shape index (κ2) is 15.6. The highest BCUT2D eigenvalue weighted by Crippen LogP contribution is 2.30. The molecule has 0 aliphatic rings. The number of carbonyl (C=O) groups is 2. The lowest BCUT2D eigenvalue weighted by atomic mass is 9.86. The fourth-order valence-electron chi connectivity index (χ4n) is 3.16. The van der Waals surface area contributed by atoms with E-state index >= 15 is 0 Å². The van der Waals surface area contributed by atoms with Crippen molar-refractivity contribution >= 4 is 11.9 Å². The van der Waals surface area contributed by atoms with Crippen LogP contribution in [0.1, 0.15) is 98.3 Å². The highest BCUT2D eigenvalue weighted by molar-refractivity contribution is 5.84. The van der Waals surface area contributed by atoms with Crippen molar-refractivity contribution in [1.82, 2.24) is 0 Å². The first-order valence-electron chi connectivity index (χ1n) is 11.3. The fraction of sp³-hybridized carbons (Fsp3) is 0.909. The molecule has 4 N–H and O–H groups in total. The van der Waals surface area contributed by atoms with Crippen LogP contribution in [0.5, 0.6) is 0 Å². The van der Waals surface area contributed by atoms with Gasteiger partial charge in [0.1, 0.15) is 12.2 Å². The Bertz CT molecular complexity index is 480. The number of esters is 2. The van der Waals surface area contributed by atoms with Crippen LogP contribution >= 0.6 is 0 Å². The lowest BCUT2D eigenvalue weighted by molar-refractivity contribution is -0.227. The molecule has 0 radical (unpaired) electrons. The molecule has 0 spiro atoms. The van der Waals surface area contributed by atoms with E-state index in [1.54, 1.807) is 0 Å². The summed E-state index contributed by atoms with van der Waals surface area (Å²) in [5, 5.41) is 39.8. The minimum absolute atomic E-state index is 0.0635. The van der Waals surface area contributed by atoms with Crippen LogP contribution in [0.2, 0.25) is 0 Å². The van der Waals surface area contributed by atoms with E-state index in [0.29, 0.717) is 12.8 Å². The Morgan fingerprint density at radius 3 is 1.83 bits per heavy atom. The summed E-state index contributed by atoms with van der Waals surface area (Å²) in [5.74, 6) is -1.86. The van der Waals surface area contributed by atoms with Gasteiger partial charge in [0.05, 0.1) is 6.10 Å². The van der Waals surface area contributed by atoms with Crippen molar-refractivity contribution in [2.45, 2.75) is 129 Å². The van der Waals surface area contributed by atoms with E-state index in [2.05, 4.69) is 6.92 Å². The van der Waals surface area contributed by atoms with Gasteiger partial charge < -0.3 is 29.9 Å². The Morgan fingerprint density at radius 1 is 0.800 bits per heavy atom. The summed E-state index contributed by atoms with van der Waals surface area (Å²) in [6, 6.07) is 0. The molecule has 0 fully saturated rings. The van der Waals surface area contributed by atoms with Crippen molar-refractivity contribution in [2.75, 3.05) is 0 Å². The molecule has 0 rings (SSSR count). The van der Waals surface area contributed by atoms with E-state index in [-0.39, 0.29) is 12.8 Å². The van der Waals surface area contributed by atoms with E-state index in [4.69, 9.17) is 9.47 Å². The molecule has 0 bridgehead atoms. The average Bonchev–Trinajstić information content (AvgIpc) is 2.69. The maximum Gasteiger partial charge on any atom is 0.355 e. The molecule has 30 heavy (non-hydrogen) atoms. The molecule has 0 aromatic carbocycles. The second-order valence-electron chi connectivity index (χ2n) is 8.06. The van der Waals surface area contributed by atoms with E-state index in [0.717, 1.165) is 44.9 Å². The summed E-state index contributed by atoms with van der Waals surface area (Å²) in [4.78, 5) is 25.4. The van der Waals surface area contributed by atoms with Crippen LogP contribution in [0.4, 0.5) is 0 Å². The summed E-state index contributed by atoms with van der Waals surface area (Å²) in [6.07, 6.45) is 1.23. The van der Waals surface area contributed by atoms with Gasteiger partial charge in [0.15, 0.2) is 0 Å². The van der Waals surface area contributed by atoms with Crippen LogP contribution in [0, 0.1) is 0 Å². The highest BCUT2D eigenvalue weighted by atomic mass is 16.7. The summed E-state index contributed by atoms with van der Waals surface area (Å²) in [6.45, 7) is 6.62. The monoisotopic (exact) mass is 434 g/mol. The Morgan fingerprint density at radius 2 is 1.33 bits per heavy atom. The largest absolute Gasteiger partial charge is 0.444 e. The molecule has 0 aliphatic carbocycles. The third-order valence-electron chi connectivity index (χ3n) is 5.10. The lowest BCUT2D eigenvalue weighted by Crippen LogP contribution is -2.58. The van der Waals surface area contributed by atoms with Crippen molar-refractivity contribution in [3.05, 3.63) is 0 Å². The van der Waals surface area contributed by atoms with Gasteiger partial charge in [0.2, 0.25) is 11.9 Å². The number of hydrogen-bond donors (Lipinski definition) is 4. The summed E-state index contributed by atoms with van der Waals surface area (Å²) in [7, 11) is 0. The first-order valence-corrected chi connectivity index (χ1v) is 11.3. The Labute approximate surface area is 180 Å². The molecule has 178 valence electrons. The molecule has 5 unspecified atom stereocenters. The SMILES string of the molecule is CCCCCCCC(=O)OC(CCCCCC)(C(=O)OC(O)C(C)O)C(O)C(C)O. The van der Waals surface area contributed by atoms with Crippen LogP contribution in [0.3, 0.4) is 0 Å². The highest BCUT2D eigenvalue weighted by Gasteiger charge is 2.52. The number of ether oxygens (including phenoxy) is 2. The molecule has 0 saturated carbocycles. The van der Waals surface area contributed by atoms with Gasteiger partial charge in [0.25, 0.3) is 0 Å². The zero-order valence-electron chi connectivity index (χ0n) is 19.0. The normalized spacial score (nSPS) is 17.5. The zero-order chi connectivity index (χ0) is 23.2.